The standard InChI is InChI=1S/C15H29N3O/c1-12(2)9-13(10-16)15(19)18-8-4-7-17-6-3-5-14(17)11-18/h12-14H,3-11,16H2,1-2H3. The Kier molecular flexibility index (Phi) is 5.22. The van der Waals surface area contributed by atoms with Crippen LogP contribution in [0.4, 0.5) is 0 Å². The van der Waals surface area contributed by atoms with Gasteiger partial charge in [-0.15, -0.1) is 0 Å². The molecule has 2 aliphatic rings. The van der Waals surface area contributed by atoms with Crippen LogP contribution in [0.2, 0.25) is 0 Å². The van der Waals surface area contributed by atoms with Gasteiger partial charge in [0.15, 0.2) is 0 Å². The maximum absolute atomic E-state index is 12.6. The Morgan fingerprint density at radius 2 is 2.00 bits per heavy atom. The maximum Gasteiger partial charge on any atom is 0.227 e. The lowest BCUT2D eigenvalue weighted by atomic mass is 9.95. The SMILES string of the molecule is CC(C)CC(CN)C(=O)N1CCCN2CCCC2C1. The molecule has 0 radical (unpaired) electrons. The smallest absolute Gasteiger partial charge is 0.227 e. The molecule has 2 unspecified atom stereocenters. The summed E-state index contributed by atoms with van der Waals surface area (Å²) in [6, 6.07) is 0.601. The van der Waals surface area contributed by atoms with Crippen LogP contribution >= 0.6 is 0 Å². The van der Waals surface area contributed by atoms with Crippen molar-refractivity contribution in [1.29, 1.82) is 0 Å². The molecule has 2 saturated heterocycles. The first-order valence-electron chi connectivity index (χ1n) is 7.84. The number of carbonyl (C=O) groups is 1. The average Bonchev–Trinajstić information content (AvgIpc) is 2.72. The summed E-state index contributed by atoms with van der Waals surface area (Å²) in [5.74, 6) is 0.852. The summed E-state index contributed by atoms with van der Waals surface area (Å²) in [7, 11) is 0. The molecular weight excluding hydrogens is 238 g/mol. The lowest BCUT2D eigenvalue weighted by molar-refractivity contribution is -0.136. The highest BCUT2D eigenvalue weighted by Crippen LogP contribution is 2.23. The summed E-state index contributed by atoms with van der Waals surface area (Å²) in [6.07, 6.45) is 4.57. The fourth-order valence-corrected chi connectivity index (χ4v) is 3.53. The zero-order valence-electron chi connectivity index (χ0n) is 12.5. The molecule has 0 aromatic rings. The minimum Gasteiger partial charge on any atom is -0.341 e. The van der Waals surface area contributed by atoms with Crippen LogP contribution in [-0.4, -0.2) is 54.5 Å². The van der Waals surface area contributed by atoms with Gasteiger partial charge in [-0.1, -0.05) is 13.8 Å². The van der Waals surface area contributed by atoms with E-state index in [1.807, 2.05) is 0 Å². The van der Waals surface area contributed by atoms with Crippen molar-refractivity contribution in [3.05, 3.63) is 0 Å². The van der Waals surface area contributed by atoms with Crippen molar-refractivity contribution in [2.45, 2.75) is 45.6 Å². The normalized spacial score (nSPS) is 26.3. The van der Waals surface area contributed by atoms with Crippen molar-refractivity contribution in [2.24, 2.45) is 17.6 Å². The van der Waals surface area contributed by atoms with Crippen LogP contribution in [0, 0.1) is 11.8 Å². The molecule has 2 N–H and O–H groups in total. The summed E-state index contributed by atoms with van der Waals surface area (Å²) in [5.41, 5.74) is 5.82. The van der Waals surface area contributed by atoms with E-state index in [2.05, 4.69) is 23.6 Å². The van der Waals surface area contributed by atoms with Crippen LogP contribution in [-0.2, 0) is 4.79 Å². The van der Waals surface area contributed by atoms with Crippen LogP contribution in [0.15, 0.2) is 0 Å². The third-order valence-corrected chi connectivity index (χ3v) is 4.50. The Morgan fingerprint density at radius 3 is 2.68 bits per heavy atom. The second kappa shape index (κ2) is 6.71. The summed E-state index contributed by atoms with van der Waals surface area (Å²) >= 11 is 0. The van der Waals surface area contributed by atoms with E-state index in [4.69, 9.17) is 5.73 Å². The highest BCUT2D eigenvalue weighted by atomic mass is 16.2. The molecule has 0 aromatic carbocycles. The van der Waals surface area contributed by atoms with Crippen molar-refractivity contribution in [1.82, 2.24) is 9.80 Å². The number of carbonyl (C=O) groups excluding carboxylic acids is 1. The number of nitrogens with zero attached hydrogens (tertiary/aromatic N) is 2. The first kappa shape index (κ1) is 14.8. The van der Waals surface area contributed by atoms with Crippen molar-refractivity contribution in [3.8, 4) is 0 Å². The van der Waals surface area contributed by atoms with E-state index in [1.54, 1.807) is 0 Å². The number of amides is 1. The van der Waals surface area contributed by atoms with E-state index in [1.165, 1.54) is 19.4 Å². The van der Waals surface area contributed by atoms with E-state index in [0.29, 0.717) is 24.4 Å². The minimum absolute atomic E-state index is 0.0213. The van der Waals surface area contributed by atoms with Gasteiger partial charge in [-0.3, -0.25) is 9.69 Å². The Hall–Kier alpha value is -0.610. The van der Waals surface area contributed by atoms with Crippen molar-refractivity contribution in [2.75, 3.05) is 32.7 Å². The Bertz CT molecular complexity index is 306. The molecule has 19 heavy (non-hydrogen) atoms. The molecule has 2 heterocycles. The molecule has 1 amide bonds. The van der Waals surface area contributed by atoms with Crippen LogP contribution in [0.25, 0.3) is 0 Å². The topological polar surface area (TPSA) is 49.6 Å². The summed E-state index contributed by atoms with van der Waals surface area (Å²) in [6.45, 7) is 9.04. The highest BCUT2D eigenvalue weighted by Gasteiger charge is 2.32. The third-order valence-electron chi connectivity index (χ3n) is 4.50. The largest absolute Gasteiger partial charge is 0.341 e. The number of hydrogen-bond acceptors (Lipinski definition) is 3. The summed E-state index contributed by atoms with van der Waals surface area (Å²) < 4.78 is 0. The molecule has 2 aliphatic heterocycles. The predicted octanol–water partition coefficient (Wildman–Crippen LogP) is 1.30. The Morgan fingerprint density at radius 1 is 1.26 bits per heavy atom. The number of nitrogens with two attached hydrogens (primary N) is 1. The van der Waals surface area contributed by atoms with E-state index >= 15 is 0 Å². The van der Waals surface area contributed by atoms with Gasteiger partial charge < -0.3 is 10.6 Å². The molecule has 2 atom stereocenters. The number of hydrogen-bond donors (Lipinski definition) is 1. The van der Waals surface area contributed by atoms with Crippen LogP contribution in [0.5, 0.6) is 0 Å². The quantitative estimate of drug-likeness (QED) is 0.835. The van der Waals surface area contributed by atoms with Gasteiger partial charge in [0.1, 0.15) is 0 Å². The van der Waals surface area contributed by atoms with Crippen LogP contribution < -0.4 is 5.73 Å². The van der Waals surface area contributed by atoms with Crippen molar-refractivity contribution >= 4 is 5.91 Å². The van der Waals surface area contributed by atoms with Gasteiger partial charge in [-0.05, 0) is 38.1 Å². The number of fused-ring (bicyclic) bond motifs is 1. The van der Waals surface area contributed by atoms with E-state index in [9.17, 15) is 4.79 Å². The molecule has 2 rings (SSSR count). The van der Waals surface area contributed by atoms with Gasteiger partial charge in [0.25, 0.3) is 0 Å². The number of rotatable bonds is 4. The van der Waals surface area contributed by atoms with Gasteiger partial charge in [0.05, 0.1) is 5.92 Å². The van der Waals surface area contributed by atoms with Gasteiger partial charge in [0.2, 0.25) is 5.91 Å². The molecule has 4 heteroatoms. The van der Waals surface area contributed by atoms with Gasteiger partial charge in [-0.2, -0.15) is 0 Å². The molecule has 0 aromatic heterocycles. The van der Waals surface area contributed by atoms with Gasteiger partial charge in [-0.25, -0.2) is 0 Å². The zero-order valence-corrected chi connectivity index (χ0v) is 12.5. The molecular formula is C15H29N3O. The lowest BCUT2D eigenvalue weighted by Crippen LogP contribution is -2.44. The molecule has 2 fully saturated rings. The minimum atomic E-state index is 0.0213. The highest BCUT2D eigenvalue weighted by molar-refractivity contribution is 5.79. The van der Waals surface area contributed by atoms with Gasteiger partial charge >= 0.3 is 0 Å². The van der Waals surface area contributed by atoms with Crippen LogP contribution in [0.1, 0.15) is 39.5 Å². The molecule has 4 nitrogen and oxygen atoms in total. The third kappa shape index (κ3) is 3.69. The fourth-order valence-electron chi connectivity index (χ4n) is 3.53. The molecule has 0 saturated carbocycles. The zero-order chi connectivity index (χ0) is 13.8. The first-order chi connectivity index (χ1) is 9.11. The molecule has 0 aliphatic carbocycles. The molecule has 0 spiro atoms. The monoisotopic (exact) mass is 267 g/mol. The van der Waals surface area contributed by atoms with Crippen LogP contribution in [0.3, 0.4) is 0 Å². The van der Waals surface area contributed by atoms with E-state index in [0.717, 1.165) is 32.5 Å². The second-order valence-corrected chi connectivity index (χ2v) is 6.53. The Balaban J connectivity index is 1.96. The summed E-state index contributed by atoms with van der Waals surface area (Å²) in [4.78, 5) is 17.3. The molecule has 0 bridgehead atoms. The van der Waals surface area contributed by atoms with E-state index < -0.39 is 0 Å². The maximum atomic E-state index is 12.6. The van der Waals surface area contributed by atoms with Gasteiger partial charge in [0, 0.05) is 32.2 Å². The van der Waals surface area contributed by atoms with Crippen molar-refractivity contribution < 1.29 is 4.79 Å². The molecule has 110 valence electrons. The van der Waals surface area contributed by atoms with E-state index in [-0.39, 0.29) is 5.92 Å². The predicted molar refractivity (Wildman–Crippen MR) is 77.8 cm³/mol. The second-order valence-electron chi connectivity index (χ2n) is 6.53. The fraction of sp³-hybridized carbons (Fsp3) is 0.933. The van der Waals surface area contributed by atoms with Crippen molar-refractivity contribution in [3.63, 3.8) is 0 Å². The lowest BCUT2D eigenvalue weighted by Gasteiger charge is -2.29. The first-order valence-corrected chi connectivity index (χ1v) is 7.84. The summed E-state index contributed by atoms with van der Waals surface area (Å²) in [5, 5.41) is 0. The average molecular weight is 267 g/mol. The Labute approximate surface area is 117 Å².